The molecular weight excluding hydrogens is 664 g/mol. The van der Waals surface area contributed by atoms with E-state index in [0.29, 0.717) is 17.1 Å². The molecule has 5 heterocycles. The van der Waals surface area contributed by atoms with E-state index in [9.17, 15) is 24.0 Å². The molecule has 1 aromatic carbocycles. The van der Waals surface area contributed by atoms with E-state index in [-0.39, 0.29) is 17.2 Å². The van der Waals surface area contributed by atoms with E-state index in [0.717, 1.165) is 10.0 Å². The van der Waals surface area contributed by atoms with E-state index in [1.807, 2.05) is 0 Å². The van der Waals surface area contributed by atoms with Crippen molar-refractivity contribution in [1.82, 2.24) is 30.3 Å². The van der Waals surface area contributed by atoms with Crippen molar-refractivity contribution in [3.05, 3.63) is 121 Å². The summed E-state index contributed by atoms with van der Waals surface area (Å²) >= 11 is 0. The summed E-state index contributed by atoms with van der Waals surface area (Å²) in [7, 11) is 0. The molecule has 52 heavy (non-hydrogen) atoms. The van der Waals surface area contributed by atoms with Crippen LogP contribution in [0.4, 0.5) is 17.5 Å². The molecule has 5 amide bonds. The van der Waals surface area contributed by atoms with Gasteiger partial charge in [0.05, 0.1) is 34.9 Å². The Hall–Kier alpha value is -6.77. The maximum Gasteiger partial charge on any atom is 0.254 e. The maximum atomic E-state index is 14.7. The van der Waals surface area contributed by atoms with Gasteiger partial charge in [0.15, 0.2) is 0 Å². The number of hydrazine groups is 2. The van der Waals surface area contributed by atoms with Crippen LogP contribution in [-0.2, 0) is 19.2 Å². The van der Waals surface area contributed by atoms with Gasteiger partial charge in [-0.1, -0.05) is 49.4 Å². The SMILES string of the molecule is C/C(=N/Nc1ccccn1)C1=CC2(NC(=O)c3ccccc3)[C@@H]3C(=O)N(Nc4ccccn4)C(=O)[C@@H]3C1(C)[C@@H]1C(=O)N(Nc3ccccn3)C(=O)[C@@H]12. The number of carbonyl (C=O) groups is 5. The second-order valence-corrected chi connectivity index (χ2v) is 13.2. The molecule has 5 aliphatic rings. The predicted octanol–water partition coefficient (Wildman–Crippen LogP) is 3.04. The van der Waals surface area contributed by atoms with Gasteiger partial charge in [-0.3, -0.25) is 40.3 Å². The number of carbonyl (C=O) groups excluding carboxylic acids is 5. The minimum absolute atomic E-state index is 0.228. The largest absolute Gasteiger partial charge is 0.341 e. The molecule has 15 heteroatoms. The summed E-state index contributed by atoms with van der Waals surface area (Å²) in [5.41, 5.74) is 6.27. The van der Waals surface area contributed by atoms with Gasteiger partial charge in [0, 0.05) is 29.6 Å². The molecule has 3 aliphatic carbocycles. The van der Waals surface area contributed by atoms with Gasteiger partial charge in [-0.25, -0.2) is 15.0 Å². The van der Waals surface area contributed by atoms with Gasteiger partial charge in [0.25, 0.3) is 29.5 Å². The number of nitrogens with one attached hydrogen (secondary N) is 4. The molecule has 2 bridgehead atoms. The number of amides is 5. The number of hydrazone groups is 1. The third-order valence-electron chi connectivity index (χ3n) is 10.4. The van der Waals surface area contributed by atoms with Crippen LogP contribution in [0.3, 0.4) is 0 Å². The van der Waals surface area contributed by atoms with Crippen molar-refractivity contribution in [2.45, 2.75) is 19.4 Å². The third-order valence-corrected chi connectivity index (χ3v) is 10.4. The average molecular weight is 697 g/mol. The summed E-state index contributed by atoms with van der Waals surface area (Å²) in [6.45, 7) is 3.40. The molecule has 260 valence electrons. The van der Waals surface area contributed by atoms with E-state index < -0.39 is 64.2 Å². The van der Waals surface area contributed by atoms with Crippen molar-refractivity contribution in [2.24, 2.45) is 34.2 Å². The molecule has 15 nitrogen and oxygen atoms in total. The Kier molecular flexibility index (Phi) is 7.63. The van der Waals surface area contributed by atoms with E-state index in [4.69, 9.17) is 0 Å². The Labute approximate surface area is 297 Å². The number of aromatic nitrogens is 3. The molecule has 2 unspecified atom stereocenters. The summed E-state index contributed by atoms with van der Waals surface area (Å²) < 4.78 is 0. The number of allylic oxidation sites excluding steroid dienone is 1. The molecule has 0 spiro atoms. The van der Waals surface area contributed by atoms with Crippen LogP contribution < -0.4 is 21.6 Å². The minimum atomic E-state index is -1.88. The molecule has 1 saturated carbocycles. The van der Waals surface area contributed by atoms with Crippen molar-refractivity contribution in [2.75, 3.05) is 16.3 Å². The zero-order valence-electron chi connectivity index (χ0n) is 27.9. The molecule has 4 aromatic rings. The van der Waals surface area contributed by atoms with Crippen LogP contribution in [0.5, 0.6) is 0 Å². The van der Waals surface area contributed by atoms with Crippen LogP contribution in [0.25, 0.3) is 0 Å². The molecule has 0 radical (unpaired) electrons. The number of anilines is 3. The number of nitrogens with zero attached hydrogens (tertiary/aromatic N) is 6. The van der Waals surface area contributed by atoms with Gasteiger partial charge >= 0.3 is 0 Å². The van der Waals surface area contributed by atoms with Crippen molar-refractivity contribution in [3.8, 4) is 0 Å². The van der Waals surface area contributed by atoms with Crippen LogP contribution in [-0.4, -0.2) is 65.8 Å². The van der Waals surface area contributed by atoms with Crippen molar-refractivity contribution < 1.29 is 24.0 Å². The minimum Gasteiger partial charge on any atom is -0.341 e. The monoisotopic (exact) mass is 696 g/mol. The highest BCUT2D eigenvalue weighted by molar-refractivity contribution is 6.17. The first-order chi connectivity index (χ1) is 25.1. The zero-order valence-corrected chi connectivity index (χ0v) is 27.9. The van der Waals surface area contributed by atoms with E-state index >= 15 is 0 Å². The van der Waals surface area contributed by atoms with Crippen LogP contribution in [0.15, 0.2) is 120 Å². The van der Waals surface area contributed by atoms with Crippen LogP contribution in [0, 0.1) is 29.1 Å². The summed E-state index contributed by atoms with van der Waals surface area (Å²) in [4.78, 5) is 85.7. The molecule has 3 aromatic heterocycles. The maximum absolute atomic E-state index is 14.7. The fourth-order valence-corrected chi connectivity index (χ4v) is 8.29. The van der Waals surface area contributed by atoms with Gasteiger partial charge in [-0.15, -0.1) is 0 Å². The molecule has 4 N–H and O–H groups in total. The van der Waals surface area contributed by atoms with Crippen LogP contribution >= 0.6 is 0 Å². The summed E-state index contributed by atoms with van der Waals surface area (Å²) in [5, 5.41) is 9.40. The lowest BCUT2D eigenvalue weighted by atomic mass is 9.41. The number of hydrogen-bond acceptors (Lipinski definition) is 12. The second kappa shape index (κ2) is 12.2. The van der Waals surface area contributed by atoms with E-state index in [2.05, 4.69) is 41.6 Å². The molecule has 2 aliphatic heterocycles. The number of hydrogen-bond donors (Lipinski definition) is 4. The van der Waals surface area contributed by atoms with Gasteiger partial charge < -0.3 is 5.32 Å². The smallest absolute Gasteiger partial charge is 0.254 e. The Balaban J connectivity index is 1.32. The van der Waals surface area contributed by atoms with Gasteiger partial charge in [0.1, 0.15) is 17.5 Å². The van der Waals surface area contributed by atoms with Crippen molar-refractivity contribution in [3.63, 3.8) is 0 Å². The highest BCUT2D eigenvalue weighted by Crippen LogP contribution is 2.68. The van der Waals surface area contributed by atoms with Gasteiger partial charge in [0.2, 0.25) is 0 Å². The van der Waals surface area contributed by atoms with E-state index in [1.165, 1.54) is 12.4 Å². The highest BCUT2D eigenvalue weighted by Gasteiger charge is 2.80. The normalized spacial score (nSPS) is 27.6. The topological polar surface area (TPSA) is 191 Å². The summed E-state index contributed by atoms with van der Waals surface area (Å²) in [6, 6.07) is 23.5. The Morgan fingerprint density at radius 1 is 0.654 bits per heavy atom. The Morgan fingerprint density at radius 2 is 1.12 bits per heavy atom. The van der Waals surface area contributed by atoms with Gasteiger partial charge in [-0.2, -0.15) is 15.1 Å². The first kappa shape index (κ1) is 32.4. The Morgan fingerprint density at radius 3 is 1.60 bits per heavy atom. The number of pyridine rings is 3. The van der Waals surface area contributed by atoms with Crippen molar-refractivity contribution in [1.29, 1.82) is 0 Å². The number of benzene rings is 1. The average Bonchev–Trinajstić information content (AvgIpc) is 3.59. The fraction of sp³-hybridized carbons (Fsp3) is 0.216. The van der Waals surface area contributed by atoms with Crippen molar-refractivity contribution >= 4 is 52.7 Å². The lowest BCUT2D eigenvalue weighted by Gasteiger charge is -2.60. The lowest BCUT2D eigenvalue weighted by Crippen LogP contribution is -2.73. The highest BCUT2D eigenvalue weighted by atomic mass is 16.2. The number of rotatable bonds is 9. The molecule has 2 saturated heterocycles. The summed E-state index contributed by atoms with van der Waals surface area (Å²) in [6.07, 6.45) is 6.26. The van der Waals surface area contributed by atoms with Gasteiger partial charge in [-0.05, 0) is 61.0 Å². The van der Waals surface area contributed by atoms with Crippen LogP contribution in [0.2, 0.25) is 0 Å². The first-order valence-corrected chi connectivity index (χ1v) is 16.6. The second-order valence-electron chi connectivity index (χ2n) is 13.2. The zero-order chi connectivity index (χ0) is 36.2. The molecule has 9 rings (SSSR count). The molecular formula is C37H32N10O5. The first-order valence-electron chi connectivity index (χ1n) is 16.6. The van der Waals surface area contributed by atoms with E-state index in [1.54, 1.807) is 111 Å². The predicted molar refractivity (Wildman–Crippen MR) is 187 cm³/mol. The standard InChI is InChI=1S/C37H32N10O5/c1-21(42-43-24-14-6-9-17-38-24)23-20-37(41-31(48)22-12-4-3-5-13-22)29-27(32(49)46(34(29)51)44-25-15-7-10-18-39-25)36(23,2)28-30(37)35(52)47(33(28)50)45-26-16-8-11-19-40-26/h3-20,27-30H,1-2H3,(H,38,43)(H,39,44)(H,40,45)(H,41,48)/b42-21-/t27-,28+,29+,30-,36?,37?. The Bertz CT molecular complexity index is 2080. The molecule has 6 atom stereocenters. The lowest BCUT2D eigenvalue weighted by molar-refractivity contribution is -0.150. The fourth-order valence-electron chi connectivity index (χ4n) is 8.29. The number of imide groups is 2. The quantitative estimate of drug-likeness (QED) is 0.114. The summed E-state index contributed by atoms with van der Waals surface area (Å²) in [5.74, 6) is -7.43. The van der Waals surface area contributed by atoms with Crippen LogP contribution in [0.1, 0.15) is 24.2 Å². The third kappa shape index (κ3) is 4.84. The molecule has 3 fully saturated rings.